The van der Waals surface area contributed by atoms with Gasteiger partial charge in [0.2, 0.25) is 0 Å². The zero-order valence-corrected chi connectivity index (χ0v) is 10.7. The van der Waals surface area contributed by atoms with Gasteiger partial charge in [0.05, 0.1) is 11.1 Å². The maximum atomic E-state index is 13.2. The summed E-state index contributed by atoms with van der Waals surface area (Å²) in [6.45, 7) is 0. The molecule has 0 unspecified atom stereocenters. The summed E-state index contributed by atoms with van der Waals surface area (Å²) in [4.78, 5) is 26.5. The quantitative estimate of drug-likeness (QED) is 0.853. The summed E-state index contributed by atoms with van der Waals surface area (Å²) in [5.41, 5.74) is -0.246. The van der Waals surface area contributed by atoms with Crippen LogP contribution in [0.1, 0.15) is 20.7 Å². The van der Waals surface area contributed by atoms with Crippen LogP contribution in [0.3, 0.4) is 0 Å². The number of carboxylic acid groups (broad SMARTS) is 1. The van der Waals surface area contributed by atoms with Crippen LogP contribution in [0.5, 0.6) is 0 Å². The third-order valence-electron chi connectivity index (χ3n) is 2.46. The van der Waals surface area contributed by atoms with Crippen molar-refractivity contribution in [1.82, 2.24) is 4.98 Å². The molecule has 0 aliphatic rings. The van der Waals surface area contributed by atoms with Gasteiger partial charge in [-0.25, -0.2) is 14.2 Å². The predicted molar refractivity (Wildman–Crippen MR) is 70.6 cm³/mol. The van der Waals surface area contributed by atoms with Crippen LogP contribution >= 0.6 is 11.6 Å². The van der Waals surface area contributed by atoms with E-state index in [1.54, 1.807) is 0 Å². The molecule has 2 aromatic rings. The topological polar surface area (TPSA) is 79.3 Å². The van der Waals surface area contributed by atoms with Gasteiger partial charge in [0.15, 0.2) is 0 Å². The monoisotopic (exact) mass is 294 g/mol. The maximum Gasteiger partial charge on any atom is 0.338 e. The third-order valence-corrected chi connectivity index (χ3v) is 2.76. The van der Waals surface area contributed by atoms with Crippen LogP contribution in [-0.4, -0.2) is 22.0 Å². The molecule has 0 atom stereocenters. The van der Waals surface area contributed by atoms with Crippen molar-refractivity contribution < 1.29 is 19.1 Å². The number of halogens is 2. The first-order chi connectivity index (χ1) is 9.49. The smallest absolute Gasteiger partial charge is 0.338 e. The molecule has 1 amide bonds. The number of rotatable bonds is 3. The average Bonchev–Trinajstić information content (AvgIpc) is 2.41. The van der Waals surface area contributed by atoms with Crippen molar-refractivity contribution in [3.63, 3.8) is 0 Å². The summed E-state index contributed by atoms with van der Waals surface area (Å²) in [7, 11) is 0. The van der Waals surface area contributed by atoms with Gasteiger partial charge < -0.3 is 10.4 Å². The first-order valence-electron chi connectivity index (χ1n) is 5.44. The number of aromatic nitrogens is 1. The van der Waals surface area contributed by atoms with Crippen molar-refractivity contribution in [3.8, 4) is 0 Å². The average molecular weight is 295 g/mol. The van der Waals surface area contributed by atoms with E-state index >= 15 is 0 Å². The molecule has 102 valence electrons. The van der Waals surface area contributed by atoms with E-state index in [0.29, 0.717) is 0 Å². The number of amides is 1. The zero-order chi connectivity index (χ0) is 14.7. The first kappa shape index (κ1) is 14.0. The van der Waals surface area contributed by atoms with Crippen LogP contribution in [-0.2, 0) is 0 Å². The fourth-order valence-corrected chi connectivity index (χ4v) is 1.73. The molecular weight excluding hydrogens is 287 g/mol. The van der Waals surface area contributed by atoms with Gasteiger partial charge in [-0.2, -0.15) is 0 Å². The summed E-state index contributed by atoms with van der Waals surface area (Å²) in [6.07, 6.45) is 1.43. The molecule has 1 heterocycles. The number of carbonyl (C=O) groups excluding carboxylic acids is 1. The van der Waals surface area contributed by atoms with Crippen LogP contribution in [0, 0.1) is 5.82 Å². The molecule has 0 fully saturated rings. The molecule has 7 heteroatoms. The number of hydrogen-bond acceptors (Lipinski definition) is 3. The van der Waals surface area contributed by atoms with E-state index in [-0.39, 0.29) is 16.4 Å². The standard InChI is InChI=1S/C13H8ClFN2O3/c14-11-8(2-1-5-16-11)12(18)17-7-3-4-10(15)9(6-7)13(19)20/h1-6H,(H,17,18)(H,19,20). The van der Waals surface area contributed by atoms with E-state index < -0.39 is 23.3 Å². The number of nitrogens with zero attached hydrogens (tertiary/aromatic N) is 1. The molecule has 1 aromatic heterocycles. The van der Waals surface area contributed by atoms with Gasteiger partial charge in [0, 0.05) is 11.9 Å². The highest BCUT2D eigenvalue weighted by Gasteiger charge is 2.14. The van der Waals surface area contributed by atoms with Crippen LogP contribution in [0.2, 0.25) is 5.15 Å². The maximum absolute atomic E-state index is 13.2. The normalized spacial score (nSPS) is 10.1. The number of pyridine rings is 1. The number of carbonyl (C=O) groups is 2. The highest BCUT2D eigenvalue weighted by atomic mass is 35.5. The highest BCUT2D eigenvalue weighted by Crippen LogP contribution is 2.18. The van der Waals surface area contributed by atoms with E-state index in [1.807, 2.05) is 0 Å². The third kappa shape index (κ3) is 2.92. The number of benzene rings is 1. The van der Waals surface area contributed by atoms with Gasteiger partial charge in [-0.15, -0.1) is 0 Å². The SMILES string of the molecule is O=C(O)c1cc(NC(=O)c2cccnc2Cl)ccc1F. The zero-order valence-electron chi connectivity index (χ0n) is 9.93. The molecule has 20 heavy (non-hydrogen) atoms. The van der Waals surface area contributed by atoms with Crippen molar-refractivity contribution >= 4 is 29.2 Å². The Morgan fingerprint density at radius 3 is 2.65 bits per heavy atom. The fourth-order valence-electron chi connectivity index (χ4n) is 1.52. The lowest BCUT2D eigenvalue weighted by Gasteiger charge is -2.07. The van der Waals surface area contributed by atoms with E-state index in [4.69, 9.17) is 16.7 Å². The number of hydrogen-bond donors (Lipinski definition) is 2. The molecular formula is C13H8ClFN2O3. The number of nitrogens with one attached hydrogen (secondary N) is 1. The largest absolute Gasteiger partial charge is 0.478 e. The Bertz CT molecular complexity index is 691. The summed E-state index contributed by atoms with van der Waals surface area (Å²) in [5.74, 6) is -2.86. The molecule has 0 bridgehead atoms. The van der Waals surface area contributed by atoms with Crippen LogP contribution in [0.15, 0.2) is 36.5 Å². The van der Waals surface area contributed by atoms with E-state index in [9.17, 15) is 14.0 Å². The van der Waals surface area contributed by atoms with Crippen molar-refractivity contribution in [2.75, 3.05) is 5.32 Å². The second kappa shape index (κ2) is 5.66. The van der Waals surface area contributed by atoms with Crippen LogP contribution in [0.4, 0.5) is 10.1 Å². The minimum atomic E-state index is -1.42. The Morgan fingerprint density at radius 2 is 2.00 bits per heavy atom. The highest BCUT2D eigenvalue weighted by molar-refractivity contribution is 6.33. The molecule has 0 aliphatic carbocycles. The Kier molecular flexibility index (Phi) is 3.95. The molecule has 1 aromatic carbocycles. The second-order valence-electron chi connectivity index (χ2n) is 3.80. The minimum absolute atomic E-state index is 0.0190. The minimum Gasteiger partial charge on any atom is -0.478 e. The van der Waals surface area contributed by atoms with Crippen molar-refractivity contribution in [3.05, 3.63) is 58.6 Å². The number of anilines is 1. The molecule has 5 nitrogen and oxygen atoms in total. The molecule has 0 saturated heterocycles. The molecule has 0 aliphatic heterocycles. The summed E-state index contributed by atoms with van der Waals surface area (Å²) < 4.78 is 13.2. The molecule has 0 radical (unpaired) electrons. The summed E-state index contributed by atoms with van der Waals surface area (Å²) >= 11 is 5.77. The van der Waals surface area contributed by atoms with Crippen molar-refractivity contribution in [1.29, 1.82) is 0 Å². The van der Waals surface area contributed by atoms with Gasteiger partial charge in [0.25, 0.3) is 5.91 Å². The molecule has 0 saturated carbocycles. The Hall–Kier alpha value is -2.47. The van der Waals surface area contributed by atoms with Gasteiger partial charge >= 0.3 is 5.97 Å². The summed E-state index contributed by atoms with van der Waals surface area (Å²) in [5, 5.41) is 11.2. The lowest BCUT2D eigenvalue weighted by atomic mass is 10.2. The van der Waals surface area contributed by atoms with Gasteiger partial charge in [-0.1, -0.05) is 11.6 Å². The van der Waals surface area contributed by atoms with Crippen LogP contribution in [0.25, 0.3) is 0 Å². The lowest BCUT2D eigenvalue weighted by Crippen LogP contribution is -2.13. The summed E-state index contributed by atoms with van der Waals surface area (Å²) in [6, 6.07) is 6.24. The Labute approximate surface area is 118 Å². The fraction of sp³-hybridized carbons (Fsp3) is 0. The van der Waals surface area contributed by atoms with E-state index in [1.165, 1.54) is 24.4 Å². The Morgan fingerprint density at radius 1 is 1.25 bits per heavy atom. The van der Waals surface area contributed by atoms with E-state index in [2.05, 4.69) is 10.3 Å². The second-order valence-corrected chi connectivity index (χ2v) is 4.15. The number of aromatic carboxylic acids is 1. The van der Waals surface area contributed by atoms with Crippen molar-refractivity contribution in [2.45, 2.75) is 0 Å². The van der Waals surface area contributed by atoms with Gasteiger partial charge in [-0.3, -0.25) is 4.79 Å². The molecule has 2 N–H and O–H groups in total. The van der Waals surface area contributed by atoms with E-state index in [0.717, 1.165) is 12.1 Å². The van der Waals surface area contributed by atoms with Gasteiger partial charge in [-0.05, 0) is 30.3 Å². The molecule has 2 rings (SSSR count). The first-order valence-corrected chi connectivity index (χ1v) is 5.81. The predicted octanol–water partition coefficient (Wildman–Crippen LogP) is 2.82. The van der Waals surface area contributed by atoms with Crippen molar-refractivity contribution in [2.24, 2.45) is 0 Å². The van der Waals surface area contributed by atoms with Crippen LogP contribution < -0.4 is 5.32 Å². The number of carboxylic acids is 1. The Balaban J connectivity index is 2.27. The molecule has 0 spiro atoms. The lowest BCUT2D eigenvalue weighted by molar-refractivity contribution is 0.0691. The van der Waals surface area contributed by atoms with Gasteiger partial charge in [0.1, 0.15) is 11.0 Å².